The molecule has 62 valence electrons. The monoisotopic (exact) mass is 254 g/mol. The highest BCUT2D eigenvalue weighted by Crippen LogP contribution is 2.23. The number of hydrogen-bond donors (Lipinski definition) is 0. The van der Waals surface area contributed by atoms with Crippen LogP contribution in [0.15, 0.2) is 20.1 Å². The van der Waals surface area contributed by atoms with Crippen LogP contribution in [0.4, 0.5) is 0 Å². The van der Waals surface area contributed by atoms with Crippen molar-refractivity contribution in [3.05, 3.63) is 15.9 Å². The lowest BCUT2D eigenvalue weighted by molar-refractivity contribution is 0.372. The van der Waals surface area contributed by atoms with E-state index in [1.54, 1.807) is 6.07 Å². The third kappa shape index (κ3) is 2.66. The van der Waals surface area contributed by atoms with Crippen molar-refractivity contribution in [3.8, 4) is 0 Å². The molecule has 1 heterocycles. The molecular weight excluding hydrogens is 248 g/mol. The van der Waals surface area contributed by atoms with E-state index in [2.05, 4.69) is 15.9 Å². The van der Waals surface area contributed by atoms with Crippen molar-refractivity contribution in [1.29, 1.82) is 0 Å². The molecule has 0 aliphatic rings. The van der Waals surface area contributed by atoms with E-state index in [4.69, 9.17) is 4.18 Å². The Morgan fingerprint density at radius 2 is 2.55 bits per heavy atom. The molecule has 1 aromatic heterocycles. The standard InChI is InChI=1S/C6H7BrO2S2/c1-2-9-11(8)6-3-5(7)4-10-6/h3-4H,2H2,1H3/t11-/m1/s1. The van der Waals surface area contributed by atoms with Crippen molar-refractivity contribution in [2.75, 3.05) is 6.61 Å². The summed E-state index contributed by atoms with van der Waals surface area (Å²) in [6.07, 6.45) is 0. The maximum Gasteiger partial charge on any atom is 0.199 e. The van der Waals surface area contributed by atoms with Gasteiger partial charge >= 0.3 is 0 Å². The average Bonchev–Trinajstić information content (AvgIpc) is 2.36. The van der Waals surface area contributed by atoms with Gasteiger partial charge in [-0.05, 0) is 28.9 Å². The fourth-order valence-corrected chi connectivity index (χ4v) is 3.01. The molecule has 1 aromatic rings. The predicted octanol–water partition coefficient (Wildman–Crippen LogP) is 2.57. The Kier molecular flexibility index (Phi) is 3.71. The molecule has 0 bridgehead atoms. The molecule has 1 atom stereocenters. The van der Waals surface area contributed by atoms with Gasteiger partial charge in [-0.15, -0.1) is 11.3 Å². The van der Waals surface area contributed by atoms with E-state index in [0.29, 0.717) is 6.61 Å². The highest BCUT2D eigenvalue weighted by atomic mass is 79.9. The van der Waals surface area contributed by atoms with Gasteiger partial charge < -0.3 is 0 Å². The molecule has 0 fully saturated rings. The van der Waals surface area contributed by atoms with Crippen molar-refractivity contribution in [1.82, 2.24) is 0 Å². The quantitative estimate of drug-likeness (QED) is 0.829. The summed E-state index contributed by atoms with van der Waals surface area (Å²) < 4.78 is 17.7. The van der Waals surface area contributed by atoms with Crippen LogP contribution in [0, 0.1) is 0 Å². The highest BCUT2D eigenvalue weighted by molar-refractivity contribution is 9.10. The lowest BCUT2D eigenvalue weighted by atomic mass is 10.7. The minimum absolute atomic E-state index is 0.474. The van der Waals surface area contributed by atoms with Crippen LogP contribution in [0.5, 0.6) is 0 Å². The number of hydrogen-bond acceptors (Lipinski definition) is 3. The molecule has 0 N–H and O–H groups in total. The van der Waals surface area contributed by atoms with Crippen molar-refractivity contribution < 1.29 is 8.39 Å². The van der Waals surface area contributed by atoms with E-state index in [9.17, 15) is 4.21 Å². The van der Waals surface area contributed by atoms with Crippen LogP contribution >= 0.6 is 27.3 Å². The van der Waals surface area contributed by atoms with Gasteiger partial charge in [-0.25, -0.2) is 4.21 Å². The first-order valence-corrected chi connectivity index (χ1v) is 5.78. The first kappa shape index (κ1) is 9.38. The van der Waals surface area contributed by atoms with Gasteiger partial charge in [0.15, 0.2) is 11.1 Å². The van der Waals surface area contributed by atoms with Crippen LogP contribution in [0.3, 0.4) is 0 Å². The van der Waals surface area contributed by atoms with E-state index < -0.39 is 11.1 Å². The number of rotatable bonds is 3. The highest BCUT2D eigenvalue weighted by Gasteiger charge is 2.05. The minimum atomic E-state index is -1.27. The SMILES string of the molecule is CCO[S@@](=O)c1cc(Br)cs1. The Bertz CT molecular complexity index is 259. The van der Waals surface area contributed by atoms with Gasteiger partial charge in [0.25, 0.3) is 0 Å². The Morgan fingerprint density at radius 1 is 1.82 bits per heavy atom. The topological polar surface area (TPSA) is 26.3 Å². The summed E-state index contributed by atoms with van der Waals surface area (Å²) >= 11 is 3.42. The van der Waals surface area contributed by atoms with E-state index in [1.807, 2.05) is 12.3 Å². The first-order valence-electron chi connectivity index (χ1n) is 3.03. The van der Waals surface area contributed by atoms with Crippen molar-refractivity contribution in [2.24, 2.45) is 0 Å². The van der Waals surface area contributed by atoms with E-state index in [0.717, 1.165) is 8.68 Å². The van der Waals surface area contributed by atoms with Crippen molar-refractivity contribution >= 4 is 38.3 Å². The Morgan fingerprint density at radius 3 is 3.00 bits per heavy atom. The third-order valence-electron chi connectivity index (χ3n) is 0.933. The Labute approximate surface area is 80.4 Å². The molecule has 0 spiro atoms. The Balaban J connectivity index is 2.69. The summed E-state index contributed by atoms with van der Waals surface area (Å²) in [6, 6.07) is 1.80. The van der Waals surface area contributed by atoms with Gasteiger partial charge in [0.05, 0.1) is 6.61 Å². The molecule has 0 saturated carbocycles. The molecule has 5 heteroatoms. The average molecular weight is 255 g/mol. The summed E-state index contributed by atoms with van der Waals surface area (Å²) in [7, 11) is 0. The first-order chi connectivity index (χ1) is 5.24. The molecule has 11 heavy (non-hydrogen) atoms. The summed E-state index contributed by atoms with van der Waals surface area (Å²) in [5, 5.41) is 1.88. The normalized spacial score (nSPS) is 13.3. The lowest BCUT2D eigenvalue weighted by Gasteiger charge is -1.94. The van der Waals surface area contributed by atoms with Gasteiger partial charge in [0.1, 0.15) is 4.21 Å². The zero-order valence-corrected chi connectivity index (χ0v) is 9.09. The fourth-order valence-electron chi connectivity index (χ4n) is 0.548. The van der Waals surface area contributed by atoms with Crippen LogP contribution in [-0.2, 0) is 15.3 Å². The van der Waals surface area contributed by atoms with E-state index >= 15 is 0 Å². The second-order valence-corrected chi connectivity index (χ2v) is 4.96. The minimum Gasteiger partial charge on any atom is -0.286 e. The summed E-state index contributed by atoms with van der Waals surface area (Å²) in [5.41, 5.74) is 0. The van der Waals surface area contributed by atoms with Crippen molar-refractivity contribution in [3.63, 3.8) is 0 Å². The number of thiophene rings is 1. The van der Waals surface area contributed by atoms with Gasteiger partial charge in [-0.3, -0.25) is 4.18 Å². The van der Waals surface area contributed by atoms with Crippen LogP contribution in [0.1, 0.15) is 6.92 Å². The molecule has 0 amide bonds. The molecule has 0 aliphatic carbocycles. The Hall–Kier alpha value is 0.290. The smallest absolute Gasteiger partial charge is 0.199 e. The van der Waals surface area contributed by atoms with Crippen LogP contribution in [0.2, 0.25) is 0 Å². The molecule has 0 aromatic carbocycles. The van der Waals surface area contributed by atoms with E-state index in [1.165, 1.54) is 11.3 Å². The third-order valence-corrected chi connectivity index (χ3v) is 4.01. The predicted molar refractivity (Wildman–Crippen MR) is 50.1 cm³/mol. The van der Waals surface area contributed by atoms with Gasteiger partial charge in [0, 0.05) is 9.85 Å². The molecule has 0 unspecified atom stereocenters. The lowest BCUT2D eigenvalue weighted by Crippen LogP contribution is -1.93. The van der Waals surface area contributed by atoms with Gasteiger partial charge in [-0.2, -0.15) is 0 Å². The zero-order valence-electron chi connectivity index (χ0n) is 5.87. The second kappa shape index (κ2) is 4.35. The summed E-state index contributed by atoms with van der Waals surface area (Å²) in [4.78, 5) is 0. The molecule has 2 nitrogen and oxygen atoms in total. The molecular formula is C6H7BrO2S2. The van der Waals surface area contributed by atoms with Crippen LogP contribution < -0.4 is 0 Å². The van der Waals surface area contributed by atoms with Gasteiger partial charge in [0.2, 0.25) is 0 Å². The van der Waals surface area contributed by atoms with Crippen molar-refractivity contribution in [2.45, 2.75) is 11.1 Å². The maximum atomic E-state index is 11.1. The number of halogens is 1. The molecule has 0 saturated heterocycles. The maximum absolute atomic E-state index is 11.1. The summed E-state index contributed by atoms with van der Waals surface area (Å²) in [5.74, 6) is 0. The van der Waals surface area contributed by atoms with Crippen LogP contribution in [0.25, 0.3) is 0 Å². The van der Waals surface area contributed by atoms with Gasteiger partial charge in [-0.1, -0.05) is 0 Å². The largest absolute Gasteiger partial charge is 0.286 e. The fraction of sp³-hybridized carbons (Fsp3) is 0.333. The second-order valence-electron chi connectivity index (χ2n) is 1.73. The molecule has 0 aliphatic heterocycles. The summed E-state index contributed by atoms with van der Waals surface area (Å²) in [6.45, 7) is 2.29. The zero-order chi connectivity index (χ0) is 8.27. The van der Waals surface area contributed by atoms with Crippen LogP contribution in [-0.4, -0.2) is 10.8 Å². The molecule has 1 rings (SSSR count). The van der Waals surface area contributed by atoms with E-state index in [-0.39, 0.29) is 0 Å². The molecule has 0 radical (unpaired) electrons.